The molecule has 12 nitrogen and oxygen atoms in total. The predicted molar refractivity (Wildman–Crippen MR) is 147 cm³/mol. The van der Waals surface area contributed by atoms with Gasteiger partial charge in [-0.1, -0.05) is 0 Å². The summed E-state index contributed by atoms with van der Waals surface area (Å²) in [6.45, 7) is 10.3. The Balaban J connectivity index is 1.65. The lowest BCUT2D eigenvalue weighted by Crippen LogP contribution is -2.15. The van der Waals surface area contributed by atoms with E-state index < -0.39 is 0 Å². The highest BCUT2D eigenvalue weighted by Crippen LogP contribution is 2.10. The Morgan fingerprint density at radius 1 is 0.425 bits per heavy atom. The highest BCUT2D eigenvalue weighted by molar-refractivity contribution is 5.74. The molecule has 0 N–H and O–H groups in total. The first-order chi connectivity index (χ1) is 19.9. The van der Waals surface area contributed by atoms with Crippen LogP contribution in [-0.2, 0) is 47.4 Å². The van der Waals surface area contributed by atoms with Gasteiger partial charge in [-0.15, -0.1) is 0 Å². The van der Waals surface area contributed by atoms with Gasteiger partial charge in [0.15, 0.2) is 0 Å². The average Bonchev–Trinajstić information content (AvgIpc) is 2.98. The first kappa shape index (κ1) is 36.3. The maximum atomic E-state index is 10.6. The van der Waals surface area contributed by atoms with Crippen LogP contribution in [0.15, 0.2) is 24.3 Å². The van der Waals surface area contributed by atoms with Crippen LogP contribution in [0.2, 0.25) is 0 Å². The number of carbonyl (C=O) groups is 1. The molecule has 0 fully saturated rings. The summed E-state index contributed by atoms with van der Waals surface area (Å²) in [5.74, 6) is 0.706. The fourth-order valence-corrected chi connectivity index (χ4v) is 2.86. The third kappa shape index (κ3) is 25.3. The van der Waals surface area contributed by atoms with Crippen molar-refractivity contribution in [3.05, 3.63) is 29.8 Å². The lowest BCUT2D eigenvalue weighted by Gasteiger charge is -2.09. The highest BCUT2D eigenvalue weighted by atomic mass is 16.6. The number of aldehydes is 1. The Hall–Kier alpha value is -1.71. The quantitative estimate of drug-likeness (QED) is 0.0917. The molecule has 0 unspecified atom stereocenters. The van der Waals surface area contributed by atoms with Crippen molar-refractivity contribution in [3.63, 3.8) is 0 Å². The maximum absolute atomic E-state index is 10.6. The van der Waals surface area contributed by atoms with Crippen molar-refractivity contribution in [1.82, 2.24) is 0 Å². The Bertz CT molecular complexity index is 647. The number of hydrogen-bond donors (Lipinski definition) is 0. The van der Waals surface area contributed by atoms with E-state index in [9.17, 15) is 4.79 Å². The molecule has 232 valence electrons. The molecule has 0 amide bonds. The van der Waals surface area contributed by atoms with E-state index in [1.165, 1.54) is 0 Å². The van der Waals surface area contributed by atoms with Crippen molar-refractivity contribution in [2.75, 3.05) is 139 Å². The minimum Gasteiger partial charge on any atom is -0.491 e. The first-order valence-electron chi connectivity index (χ1n) is 13.7. The molecule has 1 rings (SSSR count). The molecule has 0 aliphatic heterocycles. The lowest BCUT2D eigenvalue weighted by atomic mass is 10.2. The Morgan fingerprint density at radius 3 is 0.975 bits per heavy atom. The van der Waals surface area contributed by atoms with Crippen LogP contribution in [0.4, 0.5) is 0 Å². The summed E-state index contributed by atoms with van der Waals surface area (Å²) in [4.78, 5) is 10.6. The summed E-state index contributed by atoms with van der Waals surface area (Å²) in [5.41, 5.74) is 0.619. The van der Waals surface area contributed by atoms with Crippen LogP contribution in [0.5, 0.6) is 5.75 Å². The highest BCUT2D eigenvalue weighted by Gasteiger charge is 1.97. The van der Waals surface area contributed by atoms with Crippen molar-refractivity contribution in [2.24, 2.45) is 0 Å². The second kappa shape index (κ2) is 30.3. The minimum absolute atomic E-state index is 0.433. The number of ether oxygens (including phenoxy) is 11. The molecule has 0 aliphatic carbocycles. The molecule has 0 atom stereocenters. The van der Waals surface area contributed by atoms with E-state index in [4.69, 9.17) is 52.1 Å². The van der Waals surface area contributed by atoms with Crippen LogP contribution in [-0.4, -0.2) is 146 Å². The molecule has 40 heavy (non-hydrogen) atoms. The van der Waals surface area contributed by atoms with Gasteiger partial charge in [0.25, 0.3) is 0 Å². The van der Waals surface area contributed by atoms with Crippen LogP contribution >= 0.6 is 0 Å². The standard InChI is InChI=1S/C28H48O12/c1-30-6-7-31-8-9-32-10-11-33-12-13-34-14-15-35-16-17-36-18-19-37-20-21-38-22-23-39-24-25-40-28-4-2-27(26-29)3-5-28/h2-5,26H,6-25H2,1H3. The second-order valence-corrected chi connectivity index (χ2v) is 8.04. The molecule has 0 aromatic heterocycles. The van der Waals surface area contributed by atoms with Gasteiger partial charge in [0.05, 0.1) is 126 Å². The van der Waals surface area contributed by atoms with Crippen LogP contribution in [0.1, 0.15) is 10.4 Å². The number of methoxy groups -OCH3 is 1. The number of carbonyl (C=O) groups excluding carboxylic acids is 1. The molecule has 0 saturated carbocycles. The van der Waals surface area contributed by atoms with Gasteiger partial charge in [-0.2, -0.15) is 0 Å². The normalized spacial score (nSPS) is 11.2. The molecule has 1 aromatic carbocycles. The van der Waals surface area contributed by atoms with Gasteiger partial charge >= 0.3 is 0 Å². The van der Waals surface area contributed by atoms with Crippen LogP contribution in [0.25, 0.3) is 0 Å². The average molecular weight is 577 g/mol. The molecular formula is C28H48O12. The summed E-state index contributed by atoms with van der Waals surface area (Å²) in [5, 5.41) is 0. The summed E-state index contributed by atoms with van der Waals surface area (Å²) in [6, 6.07) is 6.93. The van der Waals surface area contributed by atoms with E-state index in [0.717, 1.165) is 6.29 Å². The van der Waals surface area contributed by atoms with E-state index in [-0.39, 0.29) is 0 Å². The minimum atomic E-state index is 0.433. The zero-order valence-corrected chi connectivity index (χ0v) is 23.9. The summed E-state index contributed by atoms with van der Waals surface area (Å²) < 4.78 is 59.2. The topological polar surface area (TPSA) is 119 Å². The largest absolute Gasteiger partial charge is 0.491 e. The lowest BCUT2D eigenvalue weighted by molar-refractivity contribution is -0.0262. The van der Waals surface area contributed by atoms with Crippen LogP contribution in [0.3, 0.4) is 0 Å². The number of benzene rings is 1. The van der Waals surface area contributed by atoms with Crippen molar-refractivity contribution in [1.29, 1.82) is 0 Å². The number of rotatable bonds is 32. The van der Waals surface area contributed by atoms with Gasteiger partial charge in [-0.05, 0) is 24.3 Å². The van der Waals surface area contributed by atoms with E-state index in [0.29, 0.717) is 143 Å². The zero-order chi connectivity index (χ0) is 28.6. The third-order valence-electron chi connectivity index (χ3n) is 4.92. The Kier molecular flexibility index (Phi) is 27.5. The van der Waals surface area contributed by atoms with E-state index in [1.807, 2.05) is 0 Å². The molecular weight excluding hydrogens is 528 g/mol. The third-order valence-corrected chi connectivity index (χ3v) is 4.92. The van der Waals surface area contributed by atoms with E-state index >= 15 is 0 Å². The fraction of sp³-hybridized carbons (Fsp3) is 0.750. The van der Waals surface area contributed by atoms with Gasteiger partial charge < -0.3 is 52.1 Å². The van der Waals surface area contributed by atoms with Gasteiger partial charge in [-0.25, -0.2) is 0 Å². The molecule has 0 bridgehead atoms. The van der Waals surface area contributed by atoms with Gasteiger partial charge in [-0.3, -0.25) is 4.79 Å². The second-order valence-electron chi connectivity index (χ2n) is 8.04. The molecule has 0 saturated heterocycles. The van der Waals surface area contributed by atoms with Gasteiger partial charge in [0.1, 0.15) is 18.6 Å². The number of hydrogen-bond acceptors (Lipinski definition) is 12. The predicted octanol–water partition coefficient (Wildman–Crippen LogP) is 1.67. The molecule has 12 heteroatoms. The molecule has 0 spiro atoms. The molecule has 0 aliphatic rings. The molecule has 0 heterocycles. The van der Waals surface area contributed by atoms with E-state index in [2.05, 4.69) is 0 Å². The van der Waals surface area contributed by atoms with E-state index in [1.54, 1.807) is 31.4 Å². The van der Waals surface area contributed by atoms with Gasteiger partial charge in [0, 0.05) is 12.7 Å². The van der Waals surface area contributed by atoms with Crippen molar-refractivity contribution < 1.29 is 56.9 Å². The summed E-state index contributed by atoms with van der Waals surface area (Å²) in [7, 11) is 1.64. The monoisotopic (exact) mass is 576 g/mol. The Labute approximate surface area is 238 Å². The molecule has 1 aromatic rings. The first-order valence-corrected chi connectivity index (χ1v) is 13.7. The zero-order valence-electron chi connectivity index (χ0n) is 23.9. The smallest absolute Gasteiger partial charge is 0.150 e. The van der Waals surface area contributed by atoms with Crippen LogP contribution < -0.4 is 4.74 Å². The van der Waals surface area contributed by atoms with Crippen molar-refractivity contribution in [2.45, 2.75) is 0 Å². The summed E-state index contributed by atoms with van der Waals surface area (Å²) >= 11 is 0. The maximum Gasteiger partial charge on any atom is 0.150 e. The van der Waals surface area contributed by atoms with Gasteiger partial charge in [0.2, 0.25) is 0 Å². The fourth-order valence-electron chi connectivity index (χ4n) is 2.86. The van der Waals surface area contributed by atoms with Crippen molar-refractivity contribution >= 4 is 6.29 Å². The van der Waals surface area contributed by atoms with Crippen LogP contribution in [0, 0.1) is 0 Å². The Morgan fingerprint density at radius 2 is 0.700 bits per heavy atom. The SMILES string of the molecule is COCCOCCOCCOCCOCCOCCOCCOCCOCCOCCOc1ccc(C=O)cc1. The summed E-state index contributed by atoms with van der Waals surface area (Å²) in [6.07, 6.45) is 0.798. The van der Waals surface area contributed by atoms with Crippen molar-refractivity contribution in [3.8, 4) is 5.75 Å². The molecule has 0 radical (unpaired) electrons.